The Morgan fingerprint density at radius 2 is 2.11 bits per heavy atom. The van der Waals surface area contributed by atoms with Crippen LogP contribution in [-0.2, 0) is 16.1 Å². The highest BCUT2D eigenvalue weighted by Crippen LogP contribution is 2.72. The van der Waals surface area contributed by atoms with E-state index in [1.807, 2.05) is 12.2 Å². The highest BCUT2D eigenvalue weighted by Gasteiger charge is 2.92. The lowest BCUT2D eigenvalue weighted by atomic mass is 9.79. The van der Waals surface area contributed by atoms with Crippen LogP contribution >= 0.6 is 0 Å². The van der Waals surface area contributed by atoms with E-state index in [4.69, 9.17) is 0 Å². The summed E-state index contributed by atoms with van der Waals surface area (Å²) in [5.41, 5.74) is 0.133. The van der Waals surface area contributed by atoms with Crippen LogP contribution in [0.25, 0.3) is 0 Å². The minimum atomic E-state index is -2.77. The molecule has 10 heteroatoms. The lowest BCUT2D eigenvalue weighted by Gasteiger charge is -2.42. The van der Waals surface area contributed by atoms with E-state index in [0.717, 1.165) is 17.3 Å². The molecule has 1 spiro atoms. The molecule has 3 fully saturated rings. The molecule has 36 heavy (non-hydrogen) atoms. The van der Waals surface area contributed by atoms with E-state index in [9.17, 15) is 22.8 Å². The fourth-order valence-corrected chi connectivity index (χ4v) is 7.67. The number of hydrogen-bond donors (Lipinski definition) is 0. The van der Waals surface area contributed by atoms with E-state index in [1.54, 1.807) is 23.9 Å². The predicted molar refractivity (Wildman–Crippen MR) is 122 cm³/mol. The number of aromatic nitrogens is 3. The number of nitrogens with zero attached hydrogens (tertiary/aromatic N) is 5. The summed E-state index contributed by atoms with van der Waals surface area (Å²) in [7, 11) is 0. The zero-order valence-electron chi connectivity index (χ0n) is 19.8. The van der Waals surface area contributed by atoms with Gasteiger partial charge in [0, 0.05) is 30.5 Å². The van der Waals surface area contributed by atoms with Gasteiger partial charge in [-0.3, -0.25) is 14.7 Å². The molecule has 4 heterocycles. The van der Waals surface area contributed by atoms with Gasteiger partial charge in [-0.05, 0) is 25.3 Å². The Morgan fingerprint density at radius 1 is 1.31 bits per heavy atom. The van der Waals surface area contributed by atoms with Gasteiger partial charge in [-0.15, -0.1) is 0 Å². The van der Waals surface area contributed by atoms with E-state index in [-0.39, 0.29) is 35.5 Å². The Hall–Kier alpha value is -3.27. The number of hydrogen-bond acceptors (Lipinski definition) is 4. The van der Waals surface area contributed by atoms with Gasteiger partial charge in [-0.2, -0.15) is 0 Å². The molecule has 3 atom stereocenters. The third kappa shape index (κ3) is 2.48. The largest absolute Gasteiger partial charge is 0.345 e. The van der Waals surface area contributed by atoms with Crippen LogP contribution in [0.4, 0.5) is 18.9 Å². The number of alkyl halides is 2. The monoisotopic (exact) mass is 496 g/mol. The predicted octanol–water partition coefficient (Wildman–Crippen LogP) is 3.46. The molecule has 5 aliphatic rings. The first kappa shape index (κ1) is 22.0. The molecule has 0 aromatic carbocycles. The second-order valence-electron chi connectivity index (χ2n) is 10.8. The van der Waals surface area contributed by atoms with Crippen LogP contribution < -0.4 is 4.90 Å². The van der Waals surface area contributed by atoms with E-state index in [1.165, 1.54) is 17.2 Å². The second-order valence-corrected chi connectivity index (χ2v) is 10.8. The third-order valence-electron chi connectivity index (χ3n) is 9.12. The molecule has 1 saturated carbocycles. The van der Waals surface area contributed by atoms with Gasteiger partial charge in [0.05, 0.1) is 30.9 Å². The minimum absolute atomic E-state index is 0.0254. The number of pyridine rings is 1. The molecular weight excluding hydrogens is 471 g/mol. The fraction of sp³-hybridized carbons (Fsp3) is 0.462. The molecule has 2 aromatic heterocycles. The molecular formula is C26H25F3N5O2+. The number of carbonyl (C=O) groups excluding carboxylic acids is 2. The molecule has 2 amide bonds. The van der Waals surface area contributed by atoms with Crippen molar-refractivity contribution in [3.63, 3.8) is 0 Å². The number of aryl methyl sites for hydroxylation is 1. The van der Waals surface area contributed by atoms with Crippen molar-refractivity contribution in [2.45, 2.75) is 68.6 Å². The van der Waals surface area contributed by atoms with Crippen LogP contribution in [0.3, 0.4) is 0 Å². The Balaban J connectivity index is 1.40. The number of imidazole rings is 1. The molecule has 0 radical (unpaired) electrons. The zero-order valence-corrected chi connectivity index (χ0v) is 19.8. The topological polar surface area (TPSA) is 68.1 Å². The summed E-state index contributed by atoms with van der Waals surface area (Å²) < 4.78 is 44.1. The SMILES string of the molecule is Cc1nccn1CC(=O)N(c1cncc(F)c1)C12CCC3=C1C1(CC=C3)C[N+]1(C1CC(F)(F)C1)C2=O. The molecule has 0 N–H and O–H groups in total. The lowest BCUT2D eigenvalue weighted by molar-refractivity contribution is -0.785. The molecule has 186 valence electrons. The summed E-state index contributed by atoms with van der Waals surface area (Å²) in [4.78, 5) is 38.3. The van der Waals surface area contributed by atoms with Crippen LogP contribution in [0.5, 0.6) is 0 Å². The summed E-state index contributed by atoms with van der Waals surface area (Å²) in [6, 6.07) is 0.743. The number of halogens is 3. The Bertz CT molecular complexity index is 1410. The quantitative estimate of drug-likeness (QED) is 0.470. The Kier molecular flexibility index (Phi) is 4.11. The van der Waals surface area contributed by atoms with Crippen molar-refractivity contribution < 1.29 is 27.2 Å². The van der Waals surface area contributed by atoms with Gasteiger partial charge in [-0.25, -0.2) is 27.4 Å². The summed E-state index contributed by atoms with van der Waals surface area (Å²) in [6.45, 7) is 2.17. The van der Waals surface area contributed by atoms with Gasteiger partial charge < -0.3 is 4.57 Å². The molecule has 3 unspecified atom stereocenters. The standard InChI is InChI=1S/C26H25F3N5O2/c1-16-31-7-8-32(16)14-21(35)33(19-9-18(27)12-30-13-19)26-6-4-17-3-2-5-24(22(17)26)15-34(24,23(26)36)20-10-25(28,29)11-20/h2-3,7-9,12-13,20H,4-6,10-11,14-15H2,1H3/q+1. The fourth-order valence-electron chi connectivity index (χ4n) is 7.67. The van der Waals surface area contributed by atoms with Crippen molar-refractivity contribution in [1.82, 2.24) is 14.5 Å². The first-order chi connectivity index (χ1) is 17.1. The molecule has 7 rings (SSSR count). The number of amides is 2. The van der Waals surface area contributed by atoms with Crippen molar-refractivity contribution in [3.05, 3.63) is 65.8 Å². The van der Waals surface area contributed by atoms with E-state index in [0.29, 0.717) is 31.6 Å². The van der Waals surface area contributed by atoms with Crippen LogP contribution in [0.1, 0.15) is 37.9 Å². The van der Waals surface area contributed by atoms with Crippen molar-refractivity contribution >= 4 is 17.5 Å². The highest BCUT2D eigenvalue weighted by molar-refractivity contribution is 6.08. The molecule has 0 bridgehead atoms. The Labute approximate surface area is 205 Å². The lowest BCUT2D eigenvalue weighted by Crippen LogP contribution is -2.64. The molecule has 2 aliphatic heterocycles. The first-order valence-corrected chi connectivity index (χ1v) is 12.3. The van der Waals surface area contributed by atoms with Crippen molar-refractivity contribution in [2.75, 3.05) is 11.4 Å². The average molecular weight is 497 g/mol. The summed E-state index contributed by atoms with van der Waals surface area (Å²) >= 11 is 0. The van der Waals surface area contributed by atoms with Crippen LogP contribution in [0, 0.1) is 12.7 Å². The molecule has 2 aromatic rings. The summed E-state index contributed by atoms with van der Waals surface area (Å²) in [5, 5.41) is 0. The van der Waals surface area contributed by atoms with Crippen LogP contribution in [-0.4, -0.2) is 60.4 Å². The highest BCUT2D eigenvalue weighted by atomic mass is 19.3. The van der Waals surface area contributed by atoms with Gasteiger partial charge in [0.1, 0.15) is 30.8 Å². The third-order valence-corrected chi connectivity index (χ3v) is 9.12. The smallest absolute Gasteiger partial charge is 0.326 e. The van der Waals surface area contributed by atoms with Crippen LogP contribution in [0.15, 0.2) is 54.2 Å². The van der Waals surface area contributed by atoms with Gasteiger partial charge >= 0.3 is 5.91 Å². The van der Waals surface area contributed by atoms with Crippen molar-refractivity contribution in [2.24, 2.45) is 0 Å². The number of piperidine rings is 1. The molecule has 2 saturated heterocycles. The number of anilines is 1. The summed E-state index contributed by atoms with van der Waals surface area (Å²) in [6.07, 6.45) is 10.6. The van der Waals surface area contributed by atoms with E-state index in [2.05, 4.69) is 9.97 Å². The van der Waals surface area contributed by atoms with Gasteiger partial charge in [0.25, 0.3) is 5.92 Å². The van der Waals surface area contributed by atoms with E-state index < -0.39 is 34.8 Å². The maximum atomic E-state index is 14.7. The average Bonchev–Trinajstić information content (AvgIpc) is 3.05. The van der Waals surface area contributed by atoms with Crippen LogP contribution in [0.2, 0.25) is 0 Å². The van der Waals surface area contributed by atoms with Gasteiger partial charge in [-0.1, -0.05) is 12.2 Å². The normalized spacial score (nSPS) is 33.4. The Morgan fingerprint density at radius 3 is 2.81 bits per heavy atom. The van der Waals surface area contributed by atoms with Crippen molar-refractivity contribution in [1.29, 1.82) is 0 Å². The molecule has 3 aliphatic carbocycles. The van der Waals surface area contributed by atoms with Gasteiger partial charge in [0.2, 0.25) is 5.91 Å². The summed E-state index contributed by atoms with van der Waals surface area (Å²) in [5.74, 6) is -3.36. The maximum absolute atomic E-state index is 14.7. The minimum Gasteiger partial charge on any atom is -0.326 e. The zero-order chi connectivity index (χ0) is 25.1. The number of quaternary nitrogens is 1. The van der Waals surface area contributed by atoms with Crippen molar-refractivity contribution in [3.8, 4) is 0 Å². The van der Waals surface area contributed by atoms with E-state index >= 15 is 0 Å². The van der Waals surface area contributed by atoms with Gasteiger partial charge in [0.15, 0.2) is 11.1 Å². The molecule has 7 nitrogen and oxygen atoms in total. The number of carbonyl (C=O) groups is 2. The first-order valence-electron chi connectivity index (χ1n) is 12.3. The maximum Gasteiger partial charge on any atom is 0.345 e. The second kappa shape index (κ2) is 6.73. The number of rotatable bonds is 5. The number of allylic oxidation sites excluding steroid dienone is 2.